The highest BCUT2D eigenvalue weighted by atomic mass is 35.5. The van der Waals surface area contributed by atoms with E-state index in [-0.39, 0.29) is 16.7 Å². The van der Waals surface area contributed by atoms with Gasteiger partial charge in [-0.3, -0.25) is 14.6 Å². The van der Waals surface area contributed by atoms with Gasteiger partial charge in [0.25, 0.3) is 5.91 Å². The molecule has 1 heterocycles. The quantitative estimate of drug-likeness (QED) is 0.670. The zero-order valence-corrected chi connectivity index (χ0v) is 13.5. The van der Waals surface area contributed by atoms with Crippen LogP contribution in [0.25, 0.3) is 0 Å². The van der Waals surface area contributed by atoms with Crippen molar-refractivity contribution in [2.24, 2.45) is 5.41 Å². The topological polar surface area (TPSA) is 51.2 Å². The summed E-state index contributed by atoms with van der Waals surface area (Å²) in [7, 11) is 0. The lowest BCUT2D eigenvalue weighted by Crippen LogP contribution is -2.32. The van der Waals surface area contributed by atoms with Crippen LogP contribution in [0.15, 0.2) is 18.3 Å². The molecule has 0 fully saturated rings. The number of rotatable bonds is 5. The number of alkyl halides is 1. The third-order valence-electron chi connectivity index (χ3n) is 2.75. The minimum absolute atomic E-state index is 0.184. The summed E-state index contributed by atoms with van der Waals surface area (Å²) in [6, 6.07) is 3.49. The van der Waals surface area contributed by atoms with Gasteiger partial charge in [0.1, 0.15) is 0 Å². The van der Waals surface area contributed by atoms with Gasteiger partial charge in [-0.15, -0.1) is 11.6 Å². The highest BCUT2D eigenvalue weighted by molar-refractivity contribution is 6.18. The Balaban J connectivity index is 2.74. The summed E-state index contributed by atoms with van der Waals surface area (Å²) in [5, 5.41) is 0. The first-order chi connectivity index (χ1) is 9.17. The Morgan fingerprint density at radius 2 is 2.00 bits per heavy atom. The van der Waals surface area contributed by atoms with Crippen molar-refractivity contribution in [3.63, 3.8) is 0 Å². The molecule has 1 aromatic rings. The Kier molecular flexibility index (Phi) is 5.54. The summed E-state index contributed by atoms with van der Waals surface area (Å²) in [5.74, 6) is 0.177. The average Bonchev–Trinajstić information content (AvgIpc) is 2.37. The molecule has 0 atom stereocenters. The lowest BCUT2D eigenvalue weighted by atomic mass is 9.88. The molecule has 0 saturated heterocycles. The van der Waals surface area contributed by atoms with E-state index in [4.69, 9.17) is 16.4 Å². The Bertz CT molecular complexity index is 467. The Morgan fingerprint density at radius 1 is 1.35 bits per heavy atom. The number of pyridine rings is 1. The maximum Gasteiger partial charge on any atom is 0.276 e. The SMILES string of the molecule is CC(C)(CCl)CONC(=O)c1cccnc1C(C)(C)C. The smallest absolute Gasteiger partial charge is 0.273 e. The van der Waals surface area contributed by atoms with Crippen LogP contribution in [0.5, 0.6) is 0 Å². The van der Waals surface area contributed by atoms with Crippen LogP contribution in [0.3, 0.4) is 0 Å². The van der Waals surface area contributed by atoms with E-state index >= 15 is 0 Å². The number of hydrogen-bond acceptors (Lipinski definition) is 3. The minimum atomic E-state index is -0.284. The zero-order valence-electron chi connectivity index (χ0n) is 12.8. The fourth-order valence-corrected chi connectivity index (χ4v) is 1.65. The predicted octanol–water partition coefficient (Wildman–Crippen LogP) is 3.31. The molecule has 0 aromatic carbocycles. The van der Waals surface area contributed by atoms with Crippen LogP contribution in [0, 0.1) is 5.41 Å². The van der Waals surface area contributed by atoms with Gasteiger partial charge in [-0.1, -0.05) is 34.6 Å². The van der Waals surface area contributed by atoms with E-state index in [0.29, 0.717) is 18.1 Å². The third kappa shape index (κ3) is 4.76. The van der Waals surface area contributed by atoms with E-state index in [1.165, 1.54) is 0 Å². The van der Waals surface area contributed by atoms with Gasteiger partial charge in [-0.25, -0.2) is 5.48 Å². The van der Waals surface area contributed by atoms with Crippen molar-refractivity contribution in [3.05, 3.63) is 29.6 Å². The van der Waals surface area contributed by atoms with Crippen LogP contribution >= 0.6 is 11.6 Å². The molecule has 1 aromatic heterocycles. The summed E-state index contributed by atoms with van der Waals surface area (Å²) in [6.07, 6.45) is 1.69. The molecule has 1 rings (SSSR count). The van der Waals surface area contributed by atoms with Gasteiger partial charge in [0, 0.05) is 22.9 Å². The molecule has 0 radical (unpaired) electrons. The molecular formula is C15H23ClN2O2. The van der Waals surface area contributed by atoms with Crippen LogP contribution in [0.2, 0.25) is 0 Å². The van der Waals surface area contributed by atoms with Gasteiger partial charge in [0.15, 0.2) is 0 Å². The van der Waals surface area contributed by atoms with Gasteiger partial charge in [0.05, 0.1) is 17.9 Å². The molecule has 112 valence electrons. The maximum atomic E-state index is 12.2. The number of hydrogen-bond donors (Lipinski definition) is 1. The lowest BCUT2D eigenvalue weighted by molar-refractivity contribution is 0.00232. The van der Waals surface area contributed by atoms with Crippen molar-refractivity contribution in [1.29, 1.82) is 0 Å². The summed E-state index contributed by atoms with van der Waals surface area (Å²) in [6.45, 7) is 10.3. The first kappa shape index (κ1) is 16.9. The predicted molar refractivity (Wildman–Crippen MR) is 80.9 cm³/mol. The Labute approximate surface area is 125 Å². The third-order valence-corrected chi connectivity index (χ3v) is 3.48. The van der Waals surface area contributed by atoms with Crippen LogP contribution in [-0.4, -0.2) is 23.4 Å². The zero-order chi connectivity index (χ0) is 15.4. The number of halogens is 1. The van der Waals surface area contributed by atoms with Gasteiger partial charge in [-0.05, 0) is 12.1 Å². The minimum Gasteiger partial charge on any atom is -0.273 e. The molecule has 1 N–H and O–H groups in total. The van der Waals surface area contributed by atoms with Gasteiger partial charge in [0.2, 0.25) is 0 Å². The van der Waals surface area contributed by atoms with Crippen molar-refractivity contribution >= 4 is 17.5 Å². The Hall–Kier alpha value is -1.13. The van der Waals surface area contributed by atoms with E-state index in [0.717, 1.165) is 5.69 Å². The van der Waals surface area contributed by atoms with Gasteiger partial charge in [-0.2, -0.15) is 0 Å². The lowest BCUT2D eigenvalue weighted by Gasteiger charge is -2.22. The first-order valence-electron chi connectivity index (χ1n) is 6.61. The molecule has 0 saturated carbocycles. The van der Waals surface area contributed by atoms with Crippen molar-refractivity contribution in [1.82, 2.24) is 10.5 Å². The second-order valence-corrected chi connectivity index (χ2v) is 6.93. The summed E-state index contributed by atoms with van der Waals surface area (Å²) in [4.78, 5) is 21.7. The summed E-state index contributed by atoms with van der Waals surface area (Å²) >= 11 is 5.81. The largest absolute Gasteiger partial charge is 0.276 e. The van der Waals surface area contributed by atoms with Gasteiger partial charge < -0.3 is 0 Å². The fourth-order valence-electron chi connectivity index (χ4n) is 1.58. The van der Waals surface area contributed by atoms with Crippen LogP contribution < -0.4 is 5.48 Å². The van der Waals surface area contributed by atoms with E-state index in [1.807, 2.05) is 34.6 Å². The number of nitrogens with zero attached hydrogens (tertiary/aromatic N) is 1. The highest BCUT2D eigenvalue weighted by Crippen LogP contribution is 2.23. The molecular weight excluding hydrogens is 276 g/mol. The monoisotopic (exact) mass is 298 g/mol. The number of nitrogens with one attached hydrogen (secondary N) is 1. The van der Waals surface area contributed by atoms with E-state index in [9.17, 15) is 4.79 Å². The average molecular weight is 299 g/mol. The summed E-state index contributed by atoms with van der Waals surface area (Å²) < 4.78 is 0. The first-order valence-corrected chi connectivity index (χ1v) is 7.14. The standard InChI is InChI=1S/C15H23ClN2O2/c1-14(2,3)12-11(7-6-8-17-12)13(19)18-20-10-15(4,5)9-16/h6-8H,9-10H2,1-5H3,(H,18,19). The molecule has 20 heavy (non-hydrogen) atoms. The second kappa shape index (κ2) is 6.55. The molecule has 4 nitrogen and oxygen atoms in total. The molecule has 5 heteroatoms. The Morgan fingerprint density at radius 3 is 2.55 bits per heavy atom. The number of carbonyl (C=O) groups is 1. The number of carbonyl (C=O) groups excluding carboxylic acids is 1. The van der Waals surface area contributed by atoms with E-state index < -0.39 is 0 Å². The fraction of sp³-hybridized carbons (Fsp3) is 0.600. The molecule has 0 aliphatic heterocycles. The maximum absolute atomic E-state index is 12.2. The molecule has 0 unspecified atom stereocenters. The number of aromatic nitrogens is 1. The number of amides is 1. The molecule has 0 aliphatic rings. The summed E-state index contributed by atoms with van der Waals surface area (Å²) in [5.41, 5.74) is 3.35. The van der Waals surface area contributed by atoms with E-state index in [2.05, 4.69) is 10.5 Å². The van der Waals surface area contributed by atoms with Crippen molar-refractivity contribution in [3.8, 4) is 0 Å². The highest BCUT2D eigenvalue weighted by Gasteiger charge is 2.23. The number of hydroxylamine groups is 1. The molecule has 0 aliphatic carbocycles. The van der Waals surface area contributed by atoms with Crippen LogP contribution in [-0.2, 0) is 10.3 Å². The van der Waals surface area contributed by atoms with E-state index in [1.54, 1.807) is 18.3 Å². The van der Waals surface area contributed by atoms with Crippen molar-refractivity contribution in [2.45, 2.75) is 40.0 Å². The van der Waals surface area contributed by atoms with Crippen LogP contribution in [0.1, 0.15) is 50.7 Å². The molecule has 0 bridgehead atoms. The second-order valence-electron chi connectivity index (χ2n) is 6.67. The van der Waals surface area contributed by atoms with Crippen molar-refractivity contribution < 1.29 is 9.63 Å². The molecule has 1 amide bonds. The van der Waals surface area contributed by atoms with Crippen LogP contribution in [0.4, 0.5) is 0 Å². The normalized spacial score (nSPS) is 12.3. The van der Waals surface area contributed by atoms with Crippen molar-refractivity contribution in [2.75, 3.05) is 12.5 Å². The van der Waals surface area contributed by atoms with Gasteiger partial charge >= 0.3 is 0 Å². The molecule has 0 spiro atoms.